The van der Waals surface area contributed by atoms with Gasteiger partial charge in [0.15, 0.2) is 0 Å². The zero-order valence-electron chi connectivity index (χ0n) is 23.5. The Morgan fingerprint density at radius 3 is 2.21 bits per heavy atom. The first-order chi connectivity index (χ1) is 18.5. The summed E-state index contributed by atoms with van der Waals surface area (Å²) in [5, 5.41) is 11.5. The van der Waals surface area contributed by atoms with E-state index in [0.717, 1.165) is 12.0 Å². The third kappa shape index (κ3) is 6.00. The molecule has 6 heteroatoms. The van der Waals surface area contributed by atoms with E-state index in [2.05, 4.69) is 20.8 Å². The van der Waals surface area contributed by atoms with Crippen LogP contribution in [0.25, 0.3) is 5.76 Å². The number of ketones is 1. The fourth-order valence-electron chi connectivity index (χ4n) is 4.65. The topological polar surface area (TPSA) is 76.1 Å². The van der Waals surface area contributed by atoms with Crippen molar-refractivity contribution in [1.29, 1.82) is 0 Å². The van der Waals surface area contributed by atoms with Gasteiger partial charge in [0.05, 0.1) is 24.3 Å². The Hall–Kier alpha value is -4.06. The monoisotopic (exact) mass is 527 g/mol. The zero-order chi connectivity index (χ0) is 28.3. The summed E-state index contributed by atoms with van der Waals surface area (Å²) < 4.78 is 11.5. The summed E-state index contributed by atoms with van der Waals surface area (Å²) in [5.41, 5.74) is 2.75. The molecule has 0 aromatic heterocycles. The number of hydrogen-bond donors (Lipinski definition) is 1. The number of carbonyl (C=O) groups is 2. The third-order valence-electron chi connectivity index (χ3n) is 6.60. The van der Waals surface area contributed by atoms with E-state index in [4.69, 9.17) is 9.47 Å². The van der Waals surface area contributed by atoms with E-state index in [-0.39, 0.29) is 22.9 Å². The van der Waals surface area contributed by atoms with Crippen LogP contribution in [-0.4, -0.2) is 29.5 Å². The smallest absolute Gasteiger partial charge is 0.300 e. The molecule has 39 heavy (non-hydrogen) atoms. The SMILES string of the molecule is CCCOc1cccc(/C(O)=C2\C(=O)C(=O)N(c3ccc(C(C)(C)C)cc3)C2c2ccc(OC(C)C)cc2)c1. The van der Waals surface area contributed by atoms with Crippen LogP contribution in [0.15, 0.2) is 78.4 Å². The molecule has 1 amide bonds. The fourth-order valence-corrected chi connectivity index (χ4v) is 4.65. The lowest BCUT2D eigenvalue weighted by Gasteiger charge is -2.27. The predicted molar refractivity (Wildman–Crippen MR) is 154 cm³/mol. The average molecular weight is 528 g/mol. The molecule has 1 unspecified atom stereocenters. The Kier molecular flexibility index (Phi) is 8.14. The number of benzene rings is 3. The highest BCUT2D eigenvalue weighted by Gasteiger charge is 2.47. The van der Waals surface area contributed by atoms with E-state index >= 15 is 0 Å². The first-order valence-corrected chi connectivity index (χ1v) is 13.4. The van der Waals surface area contributed by atoms with Gasteiger partial charge >= 0.3 is 0 Å². The Morgan fingerprint density at radius 1 is 0.949 bits per heavy atom. The number of hydrogen-bond acceptors (Lipinski definition) is 5. The molecular weight excluding hydrogens is 490 g/mol. The molecule has 3 aromatic rings. The molecular formula is C33H37NO5. The van der Waals surface area contributed by atoms with Gasteiger partial charge in [-0.1, -0.05) is 64.1 Å². The number of ether oxygens (including phenoxy) is 2. The molecule has 1 heterocycles. The molecule has 1 aliphatic rings. The number of rotatable bonds is 8. The van der Waals surface area contributed by atoms with Gasteiger partial charge in [-0.25, -0.2) is 0 Å². The van der Waals surface area contributed by atoms with Crippen molar-refractivity contribution >= 4 is 23.1 Å². The lowest BCUT2D eigenvalue weighted by atomic mass is 9.87. The van der Waals surface area contributed by atoms with E-state index in [1.165, 1.54) is 4.90 Å². The van der Waals surface area contributed by atoms with Crippen LogP contribution < -0.4 is 14.4 Å². The number of aliphatic hydroxyl groups is 1. The second-order valence-electron chi connectivity index (χ2n) is 11.1. The van der Waals surface area contributed by atoms with E-state index < -0.39 is 17.7 Å². The average Bonchev–Trinajstić information content (AvgIpc) is 3.17. The van der Waals surface area contributed by atoms with Gasteiger partial charge in [-0.3, -0.25) is 14.5 Å². The van der Waals surface area contributed by atoms with Crippen molar-refractivity contribution in [3.8, 4) is 11.5 Å². The Bertz CT molecular complexity index is 1360. The van der Waals surface area contributed by atoms with Gasteiger partial charge in [-0.15, -0.1) is 0 Å². The molecule has 0 bridgehead atoms. The Labute approximate surface area is 230 Å². The first kappa shape index (κ1) is 28.0. The maximum absolute atomic E-state index is 13.5. The van der Waals surface area contributed by atoms with Gasteiger partial charge in [-0.05, 0) is 73.2 Å². The van der Waals surface area contributed by atoms with Gasteiger partial charge < -0.3 is 14.6 Å². The lowest BCUT2D eigenvalue weighted by molar-refractivity contribution is -0.132. The molecule has 1 N–H and O–H groups in total. The molecule has 6 nitrogen and oxygen atoms in total. The van der Waals surface area contributed by atoms with E-state index in [9.17, 15) is 14.7 Å². The van der Waals surface area contributed by atoms with Gasteiger partial charge in [-0.2, -0.15) is 0 Å². The molecule has 1 aliphatic heterocycles. The summed E-state index contributed by atoms with van der Waals surface area (Å²) in [7, 11) is 0. The Morgan fingerprint density at radius 2 is 1.62 bits per heavy atom. The van der Waals surface area contributed by atoms with Crippen molar-refractivity contribution in [2.24, 2.45) is 0 Å². The highest BCUT2D eigenvalue weighted by atomic mass is 16.5. The molecule has 0 saturated carbocycles. The van der Waals surface area contributed by atoms with Crippen LogP contribution in [0.1, 0.15) is 70.7 Å². The minimum absolute atomic E-state index is 0.00465. The lowest BCUT2D eigenvalue weighted by Crippen LogP contribution is -2.29. The van der Waals surface area contributed by atoms with Gasteiger partial charge in [0.2, 0.25) is 0 Å². The number of aliphatic hydroxyl groups excluding tert-OH is 1. The van der Waals surface area contributed by atoms with Crippen LogP contribution in [0.4, 0.5) is 5.69 Å². The van der Waals surface area contributed by atoms with E-state index in [1.807, 2.05) is 69.3 Å². The summed E-state index contributed by atoms with van der Waals surface area (Å²) in [6.07, 6.45) is 0.844. The summed E-state index contributed by atoms with van der Waals surface area (Å²) in [6.45, 7) is 12.8. The van der Waals surface area contributed by atoms with Crippen molar-refractivity contribution in [3.63, 3.8) is 0 Å². The number of amides is 1. The minimum atomic E-state index is -0.821. The first-order valence-electron chi connectivity index (χ1n) is 13.4. The fraction of sp³-hybridized carbons (Fsp3) is 0.333. The minimum Gasteiger partial charge on any atom is -0.507 e. The van der Waals surface area contributed by atoms with E-state index in [0.29, 0.717) is 34.9 Å². The van der Waals surface area contributed by atoms with Gasteiger partial charge in [0.1, 0.15) is 17.3 Å². The highest BCUT2D eigenvalue weighted by molar-refractivity contribution is 6.51. The predicted octanol–water partition coefficient (Wildman–Crippen LogP) is 7.19. The van der Waals surface area contributed by atoms with E-state index in [1.54, 1.807) is 24.3 Å². The molecule has 0 aliphatic carbocycles. The number of nitrogens with zero attached hydrogens (tertiary/aromatic N) is 1. The maximum Gasteiger partial charge on any atom is 0.300 e. The molecule has 3 aromatic carbocycles. The molecule has 4 rings (SSSR count). The maximum atomic E-state index is 13.5. The van der Waals surface area contributed by atoms with Crippen LogP contribution in [-0.2, 0) is 15.0 Å². The molecule has 0 spiro atoms. The largest absolute Gasteiger partial charge is 0.507 e. The van der Waals surface area contributed by atoms with Crippen molar-refractivity contribution in [1.82, 2.24) is 0 Å². The van der Waals surface area contributed by atoms with Crippen LogP contribution in [0.5, 0.6) is 11.5 Å². The third-order valence-corrected chi connectivity index (χ3v) is 6.60. The van der Waals surface area contributed by atoms with Gasteiger partial charge in [0.25, 0.3) is 11.7 Å². The van der Waals surface area contributed by atoms with Crippen LogP contribution in [0, 0.1) is 0 Å². The van der Waals surface area contributed by atoms with Crippen LogP contribution in [0.2, 0.25) is 0 Å². The zero-order valence-corrected chi connectivity index (χ0v) is 23.5. The number of Topliss-reactive ketones (excluding diaryl/α,β-unsaturated/α-hetero) is 1. The summed E-state index contributed by atoms with van der Waals surface area (Å²) in [5.74, 6) is -0.400. The summed E-state index contributed by atoms with van der Waals surface area (Å²) >= 11 is 0. The van der Waals surface area contributed by atoms with Crippen LogP contribution >= 0.6 is 0 Å². The van der Waals surface area contributed by atoms with Crippen molar-refractivity contribution in [3.05, 3.63) is 95.1 Å². The molecule has 1 fully saturated rings. The van der Waals surface area contributed by atoms with Crippen molar-refractivity contribution in [2.75, 3.05) is 11.5 Å². The highest BCUT2D eigenvalue weighted by Crippen LogP contribution is 2.43. The molecule has 1 atom stereocenters. The molecule has 204 valence electrons. The van der Waals surface area contributed by atoms with Crippen LogP contribution in [0.3, 0.4) is 0 Å². The number of anilines is 1. The molecule has 0 radical (unpaired) electrons. The standard InChI is InChI=1S/C33H37NO5/c1-7-19-38-27-10-8-9-23(20-27)30(35)28-29(22-11-17-26(18-12-22)39-21(2)3)34(32(37)31(28)36)25-15-13-24(14-16-25)33(4,5)6/h8-18,20-21,29,35H,7,19H2,1-6H3/b30-28+. The second-order valence-corrected chi connectivity index (χ2v) is 11.1. The van der Waals surface area contributed by atoms with Gasteiger partial charge in [0, 0.05) is 11.3 Å². The number of carbonyl (C=O) groups excluding carboxylic acids is 2. The quantitative estimate of drug-likeness (QED) is 0.191. The summed E-state index contributed by atoms with van der Waals surface area (Å²) in [6, 6.07) is 21.1. The molecule has 1 saturated heterocycles. The summed E-state index contributed by atoms with van der Waals surface area (Å²) in [4.78, 5) is 28.5. The van der Waals surface area contributed by atoms with Crippen molar-refractivity contribution < 1.29 is 24.2 Å². The van der Waals surface area contributed by atoms with Crippen molar-refractivity contribution in [2.45, 2.75) is 65.5 Å². The Balaban J connectivity index is 1.85. The second kappa shape index (κ2) is 11.4. The normalized spacial score (nSPS) is 17.1.